The monoisotopic (exact) mass is 218 g/mol. The molecule has 0 aliphatic heterocycles. The Hall–Kier alpha value is -1.77. The molecule has 0 bridgehead atoms. The van der Waals surface area contributed by atoms with Gasteiger partial charge in [-0.15, -0.1) is 0 Å². The fourth-order valence-corrected chi connectivity index (χ4v) is 1.47. The van der Waals surface area contributed by atoms with E-state index in [0.29, 0.717) is 6.54 Å². The van der Waals surface area contributed by atoms with Gasteiger partial charge in [0.2, 0.25) is 0 Å². The van der Waals surface area contributed by atoms with Gasteiger partial charge in [0.25, 0.3) is 0 Å². The average Bonchev–Trinajstić information content (AvgIpc) is 2.27. The van der Waals surface area contributed by atoms with Crippen molar-refractivity contribution in [3.63, 3.8) is 0 Å². The van der Waals surface area contributed by atoms with E-state index in [4.69, 9.17) is 0 Å². The number of hydrogen-bond acceptors (Lipinski definition) is 1. The third-order valence-electron chi connectivity index (χ3n) is 2.25. The lowest BCUT2D eigenvalue weighted by molar-refractivity contribution is 0.249. The topological polar surface area (TPSA) is 32.3 Å². The number of amides is 2. The molecule has 0 spiro atoms. The van der Waals surface area contributed by atoms with Crippen LogP contribution in [0, 0.1) is 6.92 Å². The van der Waals surface area contributed by atoms with Gasteiger partial charge < -0.3 is 5.32 Å². The third-order valence-corrected chi connectivity index (χ3v) is 2.25. The number of anilines is 1. The van der Waals surface area contributed by atoms with E-state index in [1.54, 1.807) is 17.2 Å². The van der Waals surface area contributed by atoms with Crippen LogP contribution in [0.4, 0.5) is 10.5 Å². The summed E-state index contributed by atoms with van der Waals surface area (Å²) in [6.45, 7) is 6.48. The summed E-state index contributed by atoms with van der Waals surface area (Å²) in [5, 5.41) is 2.71. The first-order chi connectivity index (χ1) is 7.69. The number of nitrogens with one attached hydrogen (secondary N) is 1. The molecule has 0 aliphatic carbocycles. The molecule has 0 fully saturated rings. The fraction of sp³-hybridized carbons (Fsp3) is 0.308. The van der Waals surface area contributed by atoms with Crippen LogP contribution in [0.2, 0.25) is 0 Å². The van der Waals surface area contributed by atoms with Crippen LogP contribution in [0.5, 0.6) is 0 Å². The molecule has 0 saturated heterocycles. The van der Waals surface area contributed by atoms with Crippen molar-refractivity contribution in [3.05, 3.63) is 42.1 Å². The Balaban J connectivity index is 2.85. The van der Waals surface area contributed by atoms with Crippen LogP contribution in [-0.4, -0.2) is 12.6 Å². The van der Waals surface area contributed by atoms with Crippen molar-refractivity contribution in [3.8, 4) is 0 Å². The zero-order valence-corrected chi connectivity index (χ0v) is 10.0. The summed E-state index contributed by atoms with van der Waals surface area (Å²) in [4.78, 5) is 13.5. The predicted octanol–water partition coefficient (Wildman–Crippen LogP) is 3.06. The molecule has 16 heavy (non-hydrogen) atoms. The summed E-state index contributed by atoms with van der Waals surface area (Å²) in [5.74, 6) is 0. The number of carbonyl (C=O) groups is 1. The first-order valence-corrected chi connectivity index (χ1v) is 5.45. The minimum absolute atomic E-state index is 0.105. The van der Waals surface area contributed by atoms with Gasteiger partial charge in [-0.1, -0.05) is 18.2 Å². The Morgan fingerprint density at radius 3 is 2.81 bits per heavy atom. The minimum Gasteiger partial charge on any atom is -0.315 e. The molecule has 86 valence electrons. The number of aryl methyl sites for hydroxylation is 1. The molecule has 0 aliphatic rings. The lowest BCUT2D eigenvalue weighted by atomic mass is 10.2. The van der Waals surface area contributed by atoms with E-state index in [1.165, 1.54) is 0 Å². The van der Waals surface area contributed by atoms with Gasteiger partial charge in [-0.2, -0.15) is 0 Å². The van der Waals surface area contributed by atoms with Gasteiger partial charge in [0, 0.05) is 18.4 Å². The molecule has 0 heterocycles. The number of benzene rings is 1. The minimum atomic E-state index is -0.105. The largest absolute Gasteiger partial charge is 0.325 e. The van der Waals surface area contributed by atoms with Crippen LogP contribution in [-0.2, 0) is 0 Å². The molecule has 2 amide bonds. The van der Waals surface area contributed by atoms with Crippen LogP contribution in [0.25, 0.3) is 0 Å². The number of allylic oxidation sites excluding steroid dienone is 1. The summed E-state index contributed by atoms with van der Waals surface area (Å²) >= 11 is 0. The Bertz CT molecular complexity index is 385. The second-order valence-corrected chi connectivity index (χ2v) is 3.53. The molecule has 1 N–H and O–H groups in total. The lowest BCUT2D eigenvalue weighted by Crippen LogP contribution is -2.37. The average molecular weight is 218 g/mol. The number of carbonyl (C=O) groups excluding carboxylic acids is 1. The molecule has 0 unspecified atom stereocenters. The lowest BCUT2D eigenvalue weighted by Gasteiger charge is -2.20. The van der Waals surface area contributed by atoms with Crippen molar-refractivity contribution in [2.75, 3.05) is 11.4 Å². The normalized spacial score (nSPS) is 10.4. The standard InChI is InChI=1S/C13H18N2O/c1-4-9-14-13(16)15(5-2)12-8-6-7-11(3)10-12/h4,6-10H,5H2,1-3H3,(H,14,16)/b9-4+. The number of nitrogens with zero attached hydrogens (tertiary/aromatic N) is 1. The van der Waals surface area contributed by atoms with Gasteiger partial charge in [0.1, 0.15) is 0 Å². The van der Waals surface area contributed by atoms with E-state index in [9.17, 15) is 4.79 Å². The van der Waals surface area contributed by atoms with Crippen molar-refractivity contribution < 1.29 is 4.79 Å². The van der Waals surface area contributed by atoms with E-state index in [2.05, 4.69) is 5.32 Å². The molecule has 1 aromatic carbocycles. The van der Waals surface area contributed by atoms with Gasteiger partial charge in [-0.05, 0) is 38.5 Å². The maximum absolute atomic E-state index is 11.8. The van der Waals surface area contributed by atoms with Gasteiger partial charge in [-0.3, -0.25) is 4.90 Å². The number of rotatable bonds is 3. The maximum Gasteiger partial charge on any atom is 0.325 e. The molecule has 3 nitrogen and oxygen atoms in total. The zero-order valence-electron chi connectivity index (χ0n) is 10.0. The van der Waals surface area contributed by atoms with Gasteiger partial charge in [0.05, 0.1) is 0 Å². The summed E-state index contributed by atoms with van der Waals surface area (Å²) in [6, 6.07) is 7.80. The van der Waals surface area contributed by atoms with E-state index >= 15 is 0 Å². The maximum atomic E-state index is 11.8. The highest BCUT2D eigenvalue weighted by atomic mass is 16.2. The molecule has 0 aromatic heterocycles. The highest BCUT2D eigenvalue weighted by Gasteiger charge is 2.11. The van der Waals surface area contributed by atoms with Crippen molar-refractivity contribution in [2.45, 2.75) is 20.8 Å². The third kappa shape index (κ3) is 3.12. The fourth-order valence-electron chi connectivity index (χ4n) is 1.47. The molecular formula is C13H18N2O. The van der Waals surface area contributed by atoms with Crippen LogP contribution in [0.15, 0.2) is 36.5 Å². The highest BCUT2D eigenvalue weighted by Crippen LogP contribution is 2.15. The van der Waals surface area contributed by atoms with E-state index < -0.39 is 0 Å². The SMILES string of the molecule is C/C=C/NC(=O)N(CC)c1cccc(C)c1. The quantitative estimate of drug-likeness (QED) is 0.830. The van der Waals surface area contributed by atoms with Crippen molar-refractivity contribution >= 4 is 11.7 Å². The van der Waals surface area contributed by atoms with Crippen molar-refractivity contribution in [2.24, 2.45) is 0 Å². The van der Waals surface area contributed by atoms with Crippen molar-refractivity contribution in [1.82, 2.24) is 5.32 Å². The predicted molar refractivity (Wildman–Crippen MR) is 67.5 cm³/mol. The van der Waals surface area contributed by atoms with Crippen molar-refractivity contribution in [1.29, 1.82) is 0 Å². The first kappa shape index (κ1) is 12.3. The van der Waals surface area contributed by atoms with E-state index in [-0.39, 0.29) is 6.03 Å². The molecule has 1 rings (SSSR count). The molecule has 0 atom stereocenters. The van der Waals surface area contributed by atoms with Crippen LogP contribution >= 0.6 is 0 Å². The number of urea groups is 1. The Labute approximate surface area is 96.8 Å². The highest BCUT2D eigenvalue weighted by molar-refractivity contribution is 5.92. The molecule has 3 heteroatoms. The Morgan fingerprint density at radius 1 is 1.50 bits per heavy atom. The van der Waals surface area contributed by atoms with E-state index in [1.807, 2.05) is 45.0 Å². The summed E-state index contributed by atoms with van der Waals surface area (Å²) < 4.78 is 0. The molecule has 0 saturated carbocycles. The summed E-state index contributed by atoms with van der Waals surface area (Å²) in [7, 11) is 0. The second-order valence-electron chi connectivity index (χ2n) is 3.53. The van der Waals surface area contributed by atoms with E-state index in [0.717, 1.165) is 11.3 Å². The smallest absolute Gasteiger partial charge is 0.315 e. The zero-order chi connectivity index (χ0) is 12.0. The summed E-state index contributed by atoms with van der Waals surface area (Å²) in [6.07, 6.45) is 3.43. The molecular weight excluding hydrogens is 200 g/mol. The molecule has 1 aromatic rings. The molecule has 0 radical (unpaired) electrons. The number of hydrogen-bond donors (Lipinski definition) is 1. The Kier molecular flexibility index (Phi) is 4.58. The van der Waals surface area contributed by atoms with Gasteiger partial charge >= 0.3 is 6.03 Å². The second kappa shape index (κ2) is 5.95. The Morgan fingerprint density at radius 2 is 2.25 bits per heavy atom. The van der Waals surface area contributed by atoms with Crippen LogP contribution < -0.4 is 10.2 Å². The first-order valence-electron chi connectivity index (χ1n) is 5.45. The van der Waals surface area contributed by atoms with Gasteiger partial charge in [0.15, 0.2) is 0 Å². The van der Waals surface area contributed by atoms with Crippen LogP contribution in [0.1, 0.15) is 19.4 Å². The summed E-state index contributed by atoms with van der Waals surface area (Å²) in [5.41, 5.74) is 2.07. The van der Waals surface area contributed by atoms with Crippen LogP contribution in [0.3, 0.4) is 0 Å². The van der Waals surface area contributed by atoms with Gasteiger partial charge in [-0.25, -0.2) is 4.79 Å².